The highest BCUT2D eigenvalue weighted by Crippen LogP contribution is 2.14. The molecule has 1 atom stereocenters. The Morgan fingerprint density at radius 3 is 3.20 bits per heavy atom. The first-order valence-electron chi connectivity index (χ1n) is 4.65. The minimum Gasteiger partial charge on any atom is -0.359 e. The van der Waals surface area contributed by atoms with Crippen LogP contribution < -0.4 is 0 Å². The van der Waals surface area contributed by atoms with Crippen molar-refractivity contribution in [3.05, 3.63) is 24.2 Å². The third-order valence-corrected chi connectivity index (χ3v) is 2.01. The van der Waals surface area contributed by atoms with Crippen LogP contribution in [0.15, 0.2) is 22.9 Å². The SMILES string of the molecule is CC(C#N)Cc1nc(-c2ccc[nH]2)no1. The highest BCUT2D eigenvalue weighted by Gasteiger charge is 2.11. The summed E-state index contributed by atoms with van der Waals surface area (Å²) >= 11 is 0. The summed E-state index contributed by atoms with van der Waals surface area (Å²) < 4.78 is 5.03. The molecule has 1 unspecified atom stereocenters. The number of aromatic amines is 1. The maximum absolute atomic E-state index is 8.64. The molecule has 0 spiro atoms. The van der Waals surface area contributed by atoms with Gasteiger partial charge < -0.3 is 9.51 Å². The molecular formula is C10H10N4O. The smallest absolute Gasteiger partial charge is 0.228 e. The van der Waals surface area contributed by atoms with Crippen molar-refractivity contribution >= 4 is 0 Å². The highest BCUT2D eigenvalue weighted by atomic mass is 16.5. The lowest BCUT2D eigenvalue weighted by atomic mass is 10.1. The van der Waals surface area contributed by atoms with Gasteiger partial charge in [0.05, 0.1) is 17.7 Å². The largest absolute Gasteiger partial charge is 0.359 e. The summed E-state index contributed by atoms with van der Waals surface area (Å²) in [6.45, 7) is 1.82. The van der Waals surface area contributed by atoms with Gasteiger partial charge in [-0.2, -0.15) is 10.2 Å². The van der Waals surface area contributed by atoms with E-state index in [0.29, 0.717) is 18.1 Å². The summed E-state index contributed by atoms with van der Waals surface area (Å²) in [5, 5.41) is 12.5. The predicted molar refractivity (Wildman–Crippen MR) is 52.6 cm³/mol. The van der Waals surface area contributed by atoms with Crippen molar-refractivity contribution < 1.29 is 4.52 Å². The third kappa shape index (κ3) is 2.05. The van der Waals surface area contributed by atoms with E-state index in [1.807, 2.05) is 19.1 Å². The molecular weight excluding hydrogens is 192 g/mol. The standard InChI is InChI=1S/C10H10N4O/c1-7(6-11)5-9-13-10(14-15-9)8-3-2-4-12-8/h2-4,7,12H,5H2,1H3. The van der Waals surface area contributed by atoms with Crippen molar-refractivity contribution in [2.75, 3.05) is 0 Å². The molecule has 2 aromatic rings. The molecule has 2 heterocycles. The number of nitriles is 1. The molecule has 0 bridgehead atoms. The average Bonchev–Trinajstić information content (AvgIpc) is 2.85. The van der Waals surface area contributed by atoms with Gasteiger partial charge in [-0.25, -0.2) is 0 Å². The van der Waals surface area contributed by atoms with Crippen molar-refractivity contribution in [2.45, 2.75) is 13.3 Å². The molecule has 5 heteroatoms. The minimum atomic E-state index is -0.109. The van der Waals surface area contributed by atoms with Crippen LogP contribution in [0.2, 0.25) is 0 Å². The number of nitrogens with zero attached hydrogens (tertiary/aromatic N) is 3. The molecule has 0 radical (unpaired) electrons. The first kappa shape index (κ1) is 9.46. The Morgan fingerprint density at radius 1 is 1.67 bits per heavy atom. The molecule has 76 valence electrons. The maximum Gasteiger partial charge on any atom is 0.228 e. The summed E-state index contributed by atoms with van der Waals surface area (Å²) in [5.41, 5.74) is 0.814. The van der Waals surface area contributed by atoms with Crippen molar-refractivity contribution in [3.8, 4) is 17.6 Å². The number of nitrogens with one attached hydrogen (secondary N) is 1. The quantitative estimate of drug-likeness (QED) is 0.822. The van der Waals surface area contributed by atoms with Crippen molar-refractivity contribution in [1.29, 1.82) is 5.26 Å². The summed E-state index contributed by atoms with van der Waals surface area (Å²) in [6, 6.07) is 5.85. The van der Waals surface area contributed by atoms with Crippen molar-refractivity contribution in [1.82, 2.24) is 15.1 Å². The van der Waals surface area contributed by atoms with Gasteiger partial charge in [0.1, 0.15) is 0 Å². The average molecular weight is 202 g/mol. The van der Waals surface area contributed by atoms with Crippen LogP contribution in [0.5, 0.6) is 0 Å². The molecule has 0 aliphatic heterocycles. The van der Waals surface area contributed by atoms with E-state index in [0.717, 1.165) is 5.69 Å². The molecule has 0 fully saturated rings. The van der Waals surface area contributed by atoms with Crippen LogP contribution in [0, 0.1) is 17.2 Å². The lowest BCUT2D eigenvalue weighted by Gasteiger charge is -1.93. The van der Waals surface area contributed by atoms with E-state index >= 15 is 0 Å². The summed E-state index contributed by atoms with van der Waals surface area (Å²) in [5.74, 6) is 0.913. The Hall–Kier alpha value is -2.09. The monoisotopic (exact) mass is 202 g/mol. The number of hydrogen-bond acceptors (Lipinski definition) is 4. The summed E-state index contributed by atoms with van der Waals surface area (Å²) in [7, 11) is 0. The maximum atomic E-state index is 8.64. The molecule has 15 heavy (non-hydrogen) atoms. The van der Waals surface area contributed by atoms with Gasteiger partial charge in [0.2, 0.25) is 11.7 Å². The molecule has 0 aliphatic rings. The Labute approximate surface area is 86.7 Å². The van der Waals surface area contributed by atoms with Crippen LogP contribution >= 0.6 is 0 Å². The van der Waals surface area contributed by atoms with Gasteiger partial charge in [-0.3, -0.25) is 0 Å². The summed E-state index contributed by atoms with van der Waals surface area (Å²) in [6.07, 6.45) is 2.29. The number of rotatable bonds is 3. The molecule has 2 rings (SSSR count). The Bertz CT molecular complexity index is 466. The van der Waals surface area contributed by atoms with Gasteiger partial charge in [-0.05, 0) is 19.1 Å². The summed E-state index contributed by atoms with van der Waals surface area (Å²) in [4.78, 5) is 7.16. The van der Waals surface area contributed by atoms with Crippen LogP contribution in [-0.4, -0.2) is 15.1 Å². The zero-order valence-electron chi connectivity index (χ0n) is 8.27. The molecule has 0 aliphatic carbocycles. The Morgan fingerprint density at radius 2 is 2.53 bits per heavy atom. The number of hydrogen-bond donors (Lipinski definition) is 1. The van der Waals surface area contributed by atoms with Crippen LogP contribution in [0.1, 0.15) is 12.8 Å². The van der Waals surface area contributed by atoms with Gasteiger partial charge >= 0.3 is 0 Å². The minimum absolute atomic E-state index is 0.109. The van der Waals surface area contributed by atoms with Crippen LogP contribution in [0.3, 0.4) is 0 Å². The Balaban J connectivity index is 2.15. The normalized spacial score (nSPS) is 12.3. The fourth-order valence-electron chi connectivity index (χ4n) is 1.22. The van der Waals surface area contributed by atoms with E-state index in [1.165, 1.54) is 0 Å². The van der Waals surface area contributed by atoms with E-state index in [4.69, 9.17) is 9.78 Å². The zero-order chi connectivity index (χ0) is 10.7. The van der Waals surface area contributed by atoms with Crippen molar-refractivity contribution in [3.63, 3.8) is 0 Å². The molecule has 2 aromatic heterocycles. The second-order valence-electron chi connectivity index (χ2n) is 3.33. The van der Waals surface area contributed by atoms with Gasteiger partial charge in [0.25, 0.3) is 0 Å². The molecule has 0 saturated heterocycles. The fourth-order valence-corrected chi connectivity index (χ4v) is 1.22. The second-order valence-corrected chi connectivity index (χ2v) is 3.33. The lowest BCUT2D eigenvalue weighted by Crippen LogP contribution is -1.96. The van der Waals surface area contributed by atoms with E-state index < -0.39 is 0 Å². The van der Waals surface area contributed by atoms with E-state index in [1.54, 1.807) is 6.20 Å². The fraction of sp³-hybridized carbons (Fsp3) is 0.300. The van der Waals surface area contributed by atoms with Gasteiger partial charge in [0, 0.05) is 12.6 Å². The number of aromatic nitrogens is 3. The Kier molecular flexibility index (Phi) is 2.50. The topological polar surface area (TPSA) is 78.5 Å². The van der Waals surface area contributed by atoms with E-state index in [2.05, 4.69) is 21.2 Å². The molecule has 0 aromatic carbocycles. The van der Waals surface area contributed by atoms with Crippen LogP contribution in [-0.2, 0) is 6.42 Å². The van der Waals surface area contributed by atoms with Gasteiger partial charge in [0.15, 0.2) is 0 Å². The molecule has 0 amide bonds. The highest BCUT2D eigenvalue weighted by molar-refractivity contribution is 5.47. The van der Waals surface area contributed by atoms with Gasteiger partial charge in [-0.15, -0.1) is 0 Å². The van der Waals surface area contributed by atoms with Crippen molar-refractivity contribution in [2.24, 2.45) is 5.92 Å². The lowest BCUT2D eigenvalue weighted by molar-refractivity contribution is 0.369. The molecule has 5 nitrogen and oxygen atoms in total. The number of H-pyrrole nitrogens is 1. The van der Waals surface area contributed by atoms with Gasteiger partial charge in [-0.1, -0.05) is 5.16 Å². The third-order valence-electron chi connectivity index (χ3n) is 2.01. The zero-order valence-corrected chi connectivity index (χ0v) is 8.27. The first-order chi connectivity index (χ1) is 7.29. The second kappa shape index (κ2) is 3.96. The molecule has 1 N–H and O–H groups in total. The van der Waals surface area contributed by atoms with Crippen LogP contribution in [0.25, 0.3) is 11.5 Å². The first-order valence-corrected chi connectivity index (χ1v) is 4.65. The van der Waals surface area contributed by atoms with E-state index in [9.17, 15) is 0 Å². The van der Waals surface area contributed by atoms with E-state index in [-0.39, 0.29) is 5.92 Å². The van der Waals surface area contributed by atoms with Crippen LogP contribution in [0.4, 0.5) is 0 Å². The predicted octanol–water partition coefficient (Wildman–Crippen LogP) is 1.77. The molecule has 0 saturated carbocycles.